The first-order chi connectivity index (χ1) is 11.5. The van der Waals surface area contributed by atoms with Crippen molar-refractivity contribution in [1.82, 2.24) is 5.32 Å². The third kappa shape index (κ3) is 5.06. The SMILES string of the molecule is COC(=O)/C=C1/S/C(=N\N=Cc2ccc(OC(C)=O)cc2)NC1=O. The first kappa shape index (κ1) is 17.4. The van der Waals surface area contributed by atoms with Crippen molar-refractivity contribution in [3.63, 3.8) is 0 Å². The Morgan fingerprint density at radius 2 is 1.96 bits per heavy atom. The lowest BCUT2D eigenvalue weighted by Crippen LogP contribution is -2.19. The molecule has 0 spiro atoms. The van der Waals surface area contributed by atoms with E-state index in [-0.39, 0.29) is 10.1 Å². The van der Waals surface area contributed by atoms with Crippen molar-refractivity contribution >= 4 is 41.0 Å². The zero-order chi connectivity index (χ0) is 17.5. The van der Waals surface area contributed by atoms with Gasteiger partial charge in [-0.2, -0.15) is 5.10 Å². The van der Waals surface area contributed by atoms with Crippen LogP contribution in [0, 0.1) is 0 Å². The number of nitrogens with one attached hydrogen (secondary N) is 1. The van der Waals surface area contributed by atoms with Gasteiger partial charge >= 0.3 is 11.9 Å². The van der Waals surface area contributed by atoms with Crippen LogP contribution in [0.1, 0.15) is 12.5 Å². The molecule has 1 heterocycles. The van der Waals surface area contributed by atoms with Gasteiger partial charge in [0.05, 0.1) is 18.2 Å². The van der Waals surface area contributed by atoms with Gasteiger partial charge in [-0.25, -0.2) is 4.79 Å². The number of benzene rings is 1. The quantitative estimate of drug-likeness (QED) is 0.289. The third-order valence-corrected chi connectivity index (χ3v) is 3.50. The molecule has 2 rings (SSSR count). The van der Waals surface area contributed by atoms with Gasteiger partial charge in [-0.1, -0.05) is 0 Å². The van der Waals surface area contributed by atoms with E-state index in [0.717, 1.165) is 23.4 Å². The number of carbonyl (C=O) groups excluding carboxylic acids is 3. The van der Waals surface area contributed by atoms with Gasteiger partial charge in [-0.15, -0.1) is 5.10 Å². The summed E-state index contributed by atoms with van der Waals surface area (Å²) in [4.78, 5) is 33.7. The van der Waals surface area contributed by atoms with E-state index >= 15 is 0 Å². The molecule has 0 unspecified atom stereocenters. The number of ether oxygens (including phenoxy) is 2. The van der Waals surface area contributed by atoms with E-state index in [9.17, 15) is 14.4 Å². The smallest absolute Gasteiger partial charge is 0.331 e. The molecule has 1 aromatic rings. The van der Waals surface area contributed by atoms with Crippen molar-refractivity contribution < 1.29 is 23.9 Å². The Labute approximate surface area is 141 Å². The van der Waals surface area contributed by atoms with Crippen LogP contribution in [-0.4, -0.2) is 36.3 Å². The minimum atomic E-state index is -0.620. The summed E-state index contributed by atoms with van der Waals surface area (Å²) in [5, 5.41) is 10.5. The minimum Gasteiger partial charge on any atom is -0.466 e. The molecule has 0 aromatic heterocycles. The first-order valence-electron chi connectivity index (χ1n) is 6.66. The van der Waals surface area contributed by atoms with Gasteiger partial charge in [-0.3, -0.25) is 14.9 Å². The van der Waals surface area contributed by atoms with Gasteiger partial charge < -0.3 is 9.47 Å². The molecule has 1 aliphatic rings. The van der Waals surface area contributed by atoms with Crippen LogP contribution in [0.15, 0.2) is 45.4 Å². The summed E-state index contributed by atoms with van der Waals surface area (Å²) >= 11 is 0.985. The van der Waals surface area contributed by atoms with Gasteiger partial charge in [0.25, 0.3) is 5.91 Å². The van der Waals surface area contributed by atoms with Crippen LogP contribution < -0.4 is 10.1 Å². The maximum atomic E-state index is 11.6. The Hall–Kier alpha value is -2.94. The summed E-state index contributed by atoms with van der Waals surface area (Å²) in [6.45, 7) is 1.32. The molecule has 8 nitrogen and oxygen atoms in total. The Balaban J connectivity index is 1.99. The van der Waals surface area contributed by atoms with E-state index in [1.807, 2.05) is 0 Å². The van der Waals surface area contributed by atoms with Crippen LogP contribution in [0.2, 0.25) is 0 Å². The van der Waals surface area contributed by atoms with Crippen LogP contribution in [-0.2, 0) is 19.1 Å². The number of nitrogens with zero attached hydrogens (tertiary/aromatic N) is 2. The zero-order valence-corrected chi connectivity index (χ0v) is 13.6. The standard InChI is InChI=1S/C15H13N3O5S/c1-9(19)23-11-5-3-10(4-6-11)8-16-18-15-17-14(21)12(24-15)7-13(20)22-2/h3-8H,1-2H3,(H,17,18,21)/b12-7+,16-8?. The lowest BCUT2D eigenvalue weighted by Gasteiger charge is -2.00. The van der Waals surface area contributed by atoms with Gasteiger partial charge in [0.2, 0.25) is 0 Å². The molecule has 0 atom stereocenters. The van der Waals surface area contributed by atoms with Crippen molar-refractivity contribution in [3.05, 3.63) is 40.8 Å². The molecule has 1 N–H and O–H groups in total. The number of thioether (sulfide) groups is 1. The first-order valence-corrected chi connectivity index (χ1v) is 7.48. The molecule has 0 radical (unpaired) electrons. The van der Waals surface area contributed by atoms with E-state index in [1.165, 1.54) is 20.2 Å². The summed E-state index contributed by atoms with van der Waals surface area (Å²) in [6.07, 6.45) is 2.55. The molecule has 1 fully saturated rings. The van der Waals surface area contributed by atoms with Crippen molar-refractivity contribution in [2.75, 3.05) is 7.11 Å². The maximum absolute atomic E-state index is 11.6. The monoisotopic (exact) mass is 347 g/mol. The summed E-state index contributed by atoms with van der Waals surface area (Å²) in [6, 6.07) is 6.65. The fraction of sp³-hybridized carbons (Fsp3) is 0.133. The maximum Gasteiger partial charge on any atom is 0.331 e. The Morgan fingerprint density at radius 1 is 1.25 bits per heavy atom. The Kier molecular flexibility index (Phi) is 5.85. The molecular formula is C15H13N3O5S. The molecule has 0 aliphatic carbocycles. The molecule has 1 amide bonds. The van der Waals surface area contributed by atoms with Crippen LogP contribution in [0.5, 0.6) is 5.75 Å². The highest BCUT2D eigenvalue weighted by Gasteiger charge is 2.24. The average molecular weight is 347 g/mol. The molecule has 1 aliphatic heterocycles. The molecule has 9 heteroatoms. The van der Waals surface area contributed by atoms with Crippen LogP contribution in [0.25, 0.3) is 0 Å². The number of carbonyl (C=O) groups is 3. The van der Waals surface area contributed by atoms with Gasteiger partial charge in [0.1, 0.15) is 5.75 Å². The number of esters is 2. The molecule has 0 bridgehead atoms. The Morgan fingerprint density at radius 3 is 2.58 bits per heavy atom. The lowest BCUT2D eigenvalue weighted by molar-refractivity contribution is -0.135. The highest BCUT2D eigenvalue weighted by atomic mass is 32.2. The Bertz CT molecular complexity index is 753. The number of hydrogen-bond donors (Lipinski definition) is 1. The van der Waals surface area contributed by atoms with Crippen molar-refractivity contribution in [2.45, 2.75) is 6.92 Å². The highest BCUT2D eigenvalue weighted by Crippen LogP contribution is 2.23. The molecule has 0 saturated carbocycles. The van der Waals surface area contributed by atoms with Gasteiger partial charge in [0, 0.05) is 13.0 Å². The lowest BCUT2D eigenvalue weighted by atomic mass is 10.2. The van der Waals surface area contributed by atoms with Crippen molar-refractivity contribution in [2.24, 2.45) is 10.2 Å². The van der Waals surface area contributed by atoms with Crippen LogP contribution in [0.3, 0.4) is 0 Å². The summed E-state index contributed by atoms with van der Waals surface area (Å²) in [5.74, 6) is -1.02. The zero-order valence-electron chi connectivity index (χ0n) is 12.8. The number of hydrogen-bond acceptors (Lipinski definition) is 8. The van der Waals surface area contributed by atoms with E-state index in [0.29, 0.717) is 5.75 Å². The molecular weight excluding hydrogens is 334 g/mol. The second-order valence-corrected chi connectivity index (χ2v) is 5.43. The van der Waals surface area contributed by atoms with Gasteiger partial charge in [0.15, 0.2) is 5.17 Å². The van der Waals surface area contributed by atoms with Crippen LogP contribution in [0.4, 0.5) is 0 Å². The predicted molar refractivity (Wildman–Crippen MR) is 88.6 cm³/mol. The van der Waals surface area contributed by atoms with Crippen molar-refractivity contribution in [3.8, 4) is 5.75 Å². The van der Waals surface area contributed by atoms with E-state index in [4.69, 9.17) is 4.74 Å². The number of rotatable bonds is 4. The summed E-state index contributed by atoms with van der Waals surface area (Å²) < 4.78 is 9.37. The highest BCUT2D eigenvalue weighted by molar-refractivity contribution is 8.18. The summed E-state index contributed by atoms with van der Waals surface area (Å²) in [5.41, 5.74) is 0.731. The normalized spacial score (nSPS) is 17.3. The van der Waals surface area contributed by atoms with E-state index < -0.39 is 17.8 Å². The number of amides is 1. The number of methoxy groups -OCH3 is 1. The summed E-state index contributed by atoms with van der Waals surface area (Å²) in [7, 11) is 1.23. The van der Waals surface area contributed by atoms with Crippen molar-refractivity contribution in [1.29, 1.82) is 0 Å². The molecule has 124 valence electrons. The van der Waals surface area contributed by atoms with E-state index in [2.05, 4.69) is 20.3 Å². The largest absolute Gasteiger partial charge is 0.466 e. The minimum absolute atomic E-state index is 0.182. The fourth-order valence-electron chi connectivity index (χ4n) is 1.58. The average Bonchev–Trinajstić information content (AvgIpc) is 2.88. The second kappa shape index (κ2) is 8.06. The molecule has 1 saturated heterocycles. The topological polar surface area (TPSA) is 106 Å². The molecule has 24 heavy (non-hydrogen) atoms. The van der Waals surface area contributed by atoms with Crippen LogP contribution >= 0.6 is 11.8 Å². The fourth-order valence-corrected chi connectivity index (χ4v) is 2.32. The third-order valence-electron chi connectivity index (χ3n) is 2.60. The molecule has 1 aromatic carbocycles. The number of amidine groups is 1. The van der Waals surface area contributed by atoms with E-state index in [1.54, 1.807) is 24.3 Å². The second-order valence-electron chi connectivity index (χ2n) is 4.40. The van der Waals surface area contributed by atoms with Gasteiger partial charge in [-0.05, 0) is 41.6 Å². The predicted octanol–water partition coefficient (Wildman–Crippen LogP) is 1.22.